The molecule has 2 nitrogen and oxygen atoms in total. The monoisotopic (exact) mass is 136 g/mol. The lowest BCUT2D eigenvalue weighted by Crippen LogP contribution is -1.67. The Morgan fingerprint density at radius 2 is 2.40 bits per heavy atom. The lowest BCUT2D eigenvalue weighted by Gasteiger charge is -1.73. The van der Waals surface area contributed by atoms with Crippen LogP contribution in [0.25, 0.3) is 6.08 Å². The average Bonchev–Trinajstić information content (AvgIpc) is 2.37. The zero-order valence-electron chi connectivity index (χ0n) is 5.70. The van der Waals surface area contributed by atoms with Gasteiger partial charge in [0.1, 0.15) is 0 Å². The summed E-state index contributed by atoms with van der Waals surface area (Å²) in [5.41, 5.74) is 0.921. The van der Waals surface area contributed by atoms with Crippen LogP contribution >= 0.6 is 0 Å². The van der Waals surface area contributed by atoms with E-state index in [0.717, 1.165) is 5.56 Å². The maximum absolute atomic E-state index is 10.1. The molecule has 0 spiro atoms. The summed E-state index contributed by atoms with van der Waals surface area (Å²) < 4.78 is 4.85. The van der Waals surface area contributed by atoms with Gasteiger partial charge in [0.15, 0.2) is 12.0 Å². The maximum Gasteiger partial charge on any atom is 0.185 e. The summed E-state index contributed by atoms with van der Waals surface area (Å²) in [6.45, 7) is 1.91. The zero-order valence-corrected chi connectivity index (χ0v) is 5.70. The number of aldehydes is 1. The van der Waals surface area contributed by atoms with Crippen LogP contribution in [0.4, 0.5) is 0 Å². The number of allylic oxidation sites excluding steroid dienone is 1. The van der Waals surface area contributed by atoms with Crippen molar-refractivity contribution in [1.82, 2.24) is 0 Å². The van der Waals surface area contributed by atoms with Crippen molar-refractivity contribution in [3.63, 3.8) is 0 Å². The number of hydrogen-bond donors (Lipinski definition) is 0. The third-order valence-electron chi connectivity index (χ3n) is 1.12. The SMILES string of the molecule is C/C=C/c1coc(C=O)c1. The first-order valence-corrected chi connectivity index (χ1v) is 3.03. The van der Waals surface area contributed by atoms with Crippen LogP contribution < -0.4 is 0 Å². The molecule has 0 amide bonds. The molecule has 0 aromatic carbocycles. The number of hydrogen-bond acceptors (Lipinski definition) is 2. The molecule has 1 heterocycles. The van der Waals surface area contributed by atoms with E-state index in [4.69, 9.17) is 4.42 Å². The fourth-order valence-corrected chi connectivity index (χ4v) is 0.710. The standard InChI is InChI=1S/C8H8O2/c1-2-3-7-4-8(5-9)10-6-7/h2-6H,1H3/b3-2+. The van der Waals surface area contributed by atoms with Gasteiger partial charge in [0.05, 0.1) is 6.26 Å². The van der Waals surface area contributed by atoms with E-state index in [0.29, 0.717) is 12.0 Å². The molecule has 0 aliphatic rings. The van der Waals surface area contributed by atoms with Gasteiger partial charge in [-0.1, -0.05) is 12.2 Å². The summed E-state index contributed by atoms with van der Waals surface area (Å²) >= 11 is 0. The molecular weight excluding hydrogens is 128 g/mol. The molecule has 1 aromatic rings. The van der Waals surface area contributed by atoms with Crippen molar-refractivity contribution in [1.29, 1.82) is 0 Å². The molecule has 0 aliphatic carbocycles. The second kappa shape index (κ2) is 3.01. The summed E-state index contributed by atoms with van der Waals surface area (Å²) in [6, 6.07) is 1.69. The van der Waals surface area contributed by atoms with Crippen LogP contribution in [-0.4, -0.2) is 6.29 Å². The van der Waals surface area contributed by atoms with E-state index in [1.54, 1.807) is 12.3 Å². The highest BCUT2D eigenvalue weighted by molar-refractivity contribution is 5.72. The van der Waals surface area contributed by atoms with Crippen molar-refractivity contribution in [2.45, 2.75) is 6.92 Å². The number of rotatable bonds is 2. The van der Waals surface area contributed by atoms with E-state index < -0.39 is 0 Å². The van der Waals surface area contributed by atoms with Gasteiger partial charge in [-0.05, 0) is 13.0 Å². The Balaban J connectivity index is 2.87. The summed E-state index contributed by atoms with van der Waals surface area (Å²) in [4.78, 5) is 10.1. The van der Waals surface area contributed by atoms with Crippen molar-refractivity contribution in [3.05, 3.63) is 29.7 Å². The van der Waals surface area contributed by atoms with Gasteiger partial charge >= 0.3 is 0 Å². The van der Waals surface area contributed by atoms with Crippen LogP contribution in [-0.2, 0) is 0 Å². The molecule has 0 saturated carbocycles. The molecule has 52 valence electrons. The maximum atomic E-state index is 10.1. The quantitative estimate of drug-likeness (QED) is 0.583. The Bertz CT molecular complexity index is 246. The summed E-state index contributed by atoms with van der Waals surface area (Å²) in [5, 5.41) is 0. The van der Waals surface area contributed by atoms with Gasteiger partial charge in [-0.15, -0.1) is 0 Å². The molecule has 0 aliphatic heterocycles. The minimum atomic E-state index is 0.369. The second-order valence-corrected chi connectivity index (χ2v) is 1.90. The third-order valence-corrected chi connectivity index (χ3v) is 1.12. The van der Waals surface area contributed by atoms with Gasteiger partial charge in [0, 0.05) is 5.56 Å². The normalized spacial score (nSPS) is 10.5. The summed E-state index contributed by atoms with van der Waals surface area (Å²) in [7, 11) is 0. The minimum Gasteiger partial charge on any atom is -0.461 e. The number of carbonyl (C=O) groups is 1. The van der Waals surface area contributed by atoms with Gasteiger partial charge in [0.2, 0.25) is 0 Å². The van der Waals surface area contributed by atoms with Crippen LogP contribution in [0, 0.1) is 0 Å². The third kappa shape index (κ3) is 1.35. The molecule has 2 heteroatoms. The summed E-state index contributed by atoms with van der Waals surface area (Å²) in [6.07, 6.45) is 5.99. The van der Waals surface area contributed by atoms with Crippen LogP contribution in [0.15, 0.2) is 22.8 Å². The van der Waals surface area contributed by atoms with Crippen molar-refractivity contribution in [2.75, 3.05) is 0 Å². The molecule has 0 radical (unpaired) electrons. The van der Waals surface area contributed by atoms with E-state index in [1.807, 2.05) is 19.1 Å². The molecule has 0 bridgehead atoms. The van der Waals surface area contributed by atoms with Crippen LogP contribution in [0.1, 0.15) is 23.0 Å². The average molecular weight is 136 g/mol. The molecule has 1 rings (SSSR count). The van der Waals surface area contributed by atoms with Crippen molar-refractivity contribution in [2.24, 2.45) is 0 Å². The smallest absolute Gasteiger partial charge is 0.185 e. The number of furan rings is 1. The first-order valence-electron chi connectivity index (χ1n) is 3.03. The van der Waals surface area contributed by atoms with Gasteiger partial charge in [-0.25, -0.2) is 0 Å². The summed E-state index contributed by atoms with van der Waals surface area (Å²) in [5.74, 6) is 0.369. The molecule has 0 atom stereocenters. The molecule has 0 unspecified atom stereocenters. The minimum absolute atomic E-state index is 0.369. The van der Waals surface area contributed by atoms with Crippen LogP contribution in [0.5, 0.6) is 0 Å². The van der Waals surface area contributed by atoms with Gasteiger partial charge in [-0.2, -0.15) is 0 Å². The number of carbonyl (C=O) groups excluding carboxylic acids is 1. The second-order valence-electron chi connectivity index (χ2n) is 1.90. The molecule has 0 saturated heterocycles. The van der Waals surface area contributed by atoms with Crippen molar-refractivity contribution in [3.8, 4) is 0 Å². The fourth-order valence-electron chi connectivity index (χ4n) is 0.710. The van der Waals surface area contributed by atoms with E-state index in [2.05, 4.69) is 0 Å². The zero-order chi connectivity index (χ0) is 7.40. The van der Waals surface area contributed by atoms with Gasteiger partial charge < -0.3 is 4.42 Å². The first kappa shape index (κ1) is 6.81. The molecule has 0 N–H and O–H groups in total. The largest absolute Gasteiger partial charge is 0.461 e. The predicted molar refractivity (Wildman–Crippen MR) is 38.8 cm³/mol. The van der Waals surface area contributed by atoms with E-state index in [1.165, 1.54) is 0 Å². The predicted octanol–water partition coefficient (Wildman–Crippen LogP) is 2.13. The lowest BCUT2D eigenvalue weighted by atomic mass is 10.3. The Kier molecular flexibility index (Phi) is 2.05. The lowest BCUT2D eigenvalue weighted by molar-refractivity contribution is 0.110. The Hall–Kier alpha value is -1.31. The van der Waals surface area contributed by atoms with Gasteiger partial charge in [-0.3, -0.25) is 4.79 Å². The highest BCUT2D eigenvalue weighted by Crippen LogP contribution is 2.06. The highest BCUT2D eigenvalue weighted by atomic mass is 16.3. The first-order chi connectivity index (χ1) is 4.86. The van der Waals surface area contributed by atoms with Crippen LogP contribution in [0.2, 0.25) is 0 Å². The Morgan fingerprint density at radius 1 is 1.60 bits per heavy atom. The molecule has 1 aromatic heterocycles. The molecule has 10 heavy (non-hydrogen) atoms. The fraction of sp³-hybridized carbons (Fsp3) is 0.125. The molecular formula is C8H8O2. The topological polar surface area (TPSA) is 30.2 Å². The van der Waals surface area contributed by atoms with Gasteiger partial charge in [0.25, 0.3) is 0 Å². The van der Waals surface area contributed by atoms with E-state index in [-0.39, 0.29) is 0 Å². The Morgan fingerprint density at radius 3 is 2.90 bits per heavy atom. The van der Waals surface area contributed by atoms with E-state index >= 15 is 0 Å². The van der Waals surface area contributed by atoms with E-state index in [9.17, 15) is 4.79 Å². The van der Waals surface area contributed by atoms with Crippen molar-refractivity contribution < 1.29 is 9.21 Å². The molecule has 0 fully saturated rings. The van der Waals surface area contributed by atoms with Crippen LogP contribution in [0.3, 0.4) is 0 Å². The Labute approximate surface area is 59.2 Å². The van der Waals surface area contributed by atoms with Crippen molar-refractivity contribution >= 4 is 12.4 Å². The highest BCUT2D eigenvalue weighted by Gasteiger charge is 1.94.